The topological polar surface area (TPSA) is 81.7 Å². The van der Waals surface area contributed by atoms with Crippen LogP contribution in [0.5, 0.6) is 46.0 Å². The predicted molar refractivity (Wildman–Crippen MR) is 179 cm³/mol. The van der Waals surface area contributed by atoms with E-state index in [0.717, 1.165) is 46.3 Å². The highest BCUT2D eigenvalue weighted by Crippen LogP contribution is 2.52. The molecule has 9 heteroatoms. The minimum atomic E-state index is -0.383. The van der Waals surface area contributed by atoms with E-state index in [1.165, 1.54) is 0 Å². The van der Waals surface area contributed by atoms with E-state index >= 15 is 0 Å². The molecule has 9 nitrogen and oxygen atoms in total. The smallest absolute Gasteiger partial charge is 0.204 e. The molecule has 0 saturated carbocycles. The number of benzene rings is 4. The van der Waals surface area contributed by atoms with Gasteiger partial charge in [-0.1, -0.05) is 18.2 Å². The zero-order valence-corrected chi connectivity index (χ0v) is 27.9. The van der Waals surface area contributed by atoms with Crippen LogP contribution in [0, 0.1) is 5.21 Å². The highest BCUT2D eigenvalue weighted by molar-refractivity contribution is 5.63. The number of hydroxylamine groups is 3. The molecule has 4 aromatic rings. The third-order valence-electron chi connectivity index (χ3n) is 10.1. The van der Waals surface area contributed by atoms with Crippen LogP contribution < -0.4 is 28.4 Å². The van der Waals surface area contributed by atoms with Crippen molar-refractivity contribution in [3.8, 4) is 46.0 Å². The predicted octanol–water partition coefficient (Wildman–Crippen LogP) is 7.18. The SMILES string of the molecule is COc1ccc2cc1Oc1ccc(cc1)CC1c3cc(c(OC)cc3CC[N@@+]1(C)[O-])Oc1c(OC)c(OC)cc3c1C(C2)N(C)CC3. The van der Waals surface area contributed by atoms with Gasteiger partial charge in [0, 0.05) is 36.6 Å². The van der Waals surface area contributed by atoms with Crippen LogP contribution in [0.2, 0.25) is 0 Å². The van der Waals surface area contributed by atoms with Crippen molar-refractivity contribution in [1.29, 1.82) is 0 Å². The van der Waals surface area contributed by atoms with Crippen LogP contribution >= 0.6 is 0 Å². The molecule has 4 aromatic carbocycles. The van der Waals surface area contributed by atoms with Crippen molar-refractivity contribution in [2.24, 2.45) is 0 Å². The van der Waals surface area contributed by atoms with E-state index in [1.807, 2.05) is 42.5 Å². The second kappa shape index (κ2) is 12.3. The van der Waals surface area contributed by atoms with Gasteiger partial charge in [0.2, 0.25) is 5.75 Å². The Hall–Kier alpha value is -4.44. The molecule has 3 atom stereocenters. The molecule has 0 spiro atoms. The van der Waals surface area contributed by atoms with Gasteiger partial charge >= 0.3 is 0 Å². The number of likely N-dealkylation sites (N-methyl/N-ethyl adjacent to an activating group) is 2. The summed E-state index contributed by atoms with van der Waals surface area (Å²) in [5, 5.41) is 14.1. The second-order valence-corrected chi connectivity index (χ2v) is 12.9. The van der Waals surface area contributed by atoms with Gasteiger partial charge in [-0.25, -0.2) is 0 Å². The van der Waals surface area contributed by atoms with Crippen LogP contribution in [0.3, 0.4) is 0 Å². The fraction of sp³-hybridized carbons (Fsp3) is 0.368. The van der Waals surface area contributed by atoms with Gasteiger partial charge in [-0.05, 0) is 84.6 Å². The molecule has 0 amide bonds. The monoisotopic (exact) mass is 638 g/mol. The minimum Gasteiger partial charge on any atom is -0.633 e. The molecule has 4 aliphatic rings. The van der Waals surface area contributed by atoms with Gasteiger partial charge < -0.3 is 38.3 Å². The lowest BCUT2D eigenvalue weighted by atomic mass is 9.87. The fourth-order valence-electron chi connectivity index (χ4n) is 7.42. The fourth-order valence-corrected chi connectivity index (χ4v) is 7.42. The molecule has 246 valence electrons. The molecule has 0 aromatic heterocycles. The molecule has 4 heterocycles. The van der Waals surface area contributed by atoms with Gasteiger partial charge in [0.25, 0.3) is 0 Å². The average molecular weight is 639 g/mol. The van der Waals surface area contributed by atoms with Gasteiger partial charge in [0.15, 0.2) is 34.5 Å². The number of hydrogen-bond donors (Lipinski definition) is 0. The van der Waals surface area contributed by atoms with Crippen LogP contribution in [0.1, 0.15) is 45.5 Å². The summed E-state index contributed by atoms with van der Waals surface area (Å²) in [7, 11) is 10.5. The highest BCUT2D eigenvalue weighted by atomic mass is 16.6. The van der Waals surface area contributed by atoms with Crippen molar-refractivity contribution >= 4 is 0 Å². The first-order valence-corrected chi connectivity index (χ1v) is 16.1. The minimum absolute atomic E-state index is 0.0501. The van der Waals surface area contributed by atoms with Gasteiger partial charge in [-0.3, -0.25) is 4.90 Å². The second-order valence-electron chi connectivity index (χ2n) is 12.9. The van der Waals surface area contributed by atoms with E-state index in [4.69, 9.17) is 28.4 Å². The Morgan fingerprint density at radius 2 is 1.45 bits per heavy atom. The van der Waals surface area contributed by atoms with Crippen molar-refractivity contribution in [3.63, 3.8) is 0 Å². The van der Waals surface area contributed by atoms with Gasteiger partial charge in [0.05, 0.1) is 42.0 Å². The Bertz CT molecular complexity index is 1800. The van der Waals surface area contributed by atoms with Gasteiger partial charge in [0.1, 0.15) is 11.8 Å². The number of rotatable bonds is 4. The number of nitrogens with zero attached hydrogens (tertiary/aromatic N) is 2. The Morgan fingerprint density at radius 3 is 2.17 bits per heavy atom. The molecule has 4 aliphatic heterocycles. The van der Waals surface area contributed by atoms with Crippen molar-refractivity contribution in [2.75, 3.05) is 55.6 Å². The first kappa shape index (κ1) is 31.2. The third kappa shape index (κ3) is 5.62. The number of ether oxygens (including phenoxy) is 6. The van der Waals surface area contributed by atoms with E-state index in [2.05, 4.69) is 30.1 Å². The van der Waals surface area contributed by atoms with Crippen LogP contribution in [0.4, 0.5) is 0 Å². The maximum Gasteiger partial charge on any atom is 0.204 e. The van der Waals surface area contributed by atoms with Crippen molar-refractivity contribution in [3.05, 3.63) is 99.3 Å². The molecule has 0 aliphatic carbocycles. The van der Waals surface area contributed by atoms with Crippen LogP contribution in [0.15, 0.2) is 60.7 Å². The van der Waals surface area contributed by atoms with Crippen LogP contribution in [-0.4, -0.2) is 65.2 Å². The molecule has 0 radical (unpaired) electrons. The van der Waals surface area contributed by atoms with E-state index in [1.54, 1.807) is 35.5 Å². The maximum absolute atomic E-state index is 14.1. The summed E-state index contributed by atoms with van der Waals surface area (Å²) >= 11 is 0. The van der Waals surface area contributed by atoms with Crippen molar-refractivity contribution in [2.45, 2.75) is 37.8 Å². The molecule has 2 unspecified atom stereocenters. The molecular weight excluding hydrogens is 596 g/mol. The summed E-state index contributed by atoms with van der Waals surface area (Å²) in [6.07, 6.45) is 2.72. The van der Waals surface area contributed by atoms with E-state index < -0.39 is 0 Å². The molecule has 8 rings (SSSR count). The number of quaternary nitrogens is 1. The Kier molecular flexibility index (Phi) is 8.16. The molecule has 0 N–H and O–H groups in total. The van der Waals surface area contributed by atoms with E-state index in [9.17, 15) is 5.21 Å². The Balaban J connectivity index is 1.48. The quantitative estimate of drug-likeness (QED) is 0.172. The highest BCUT2D eigenvalue weighted by Gasteiger charge is 2.37. The zero-order valence-electron chi connectivity index (χ0n) is 27.9. The molecule has 0 fully saturated rings. The summed E-state index contributed by atoms with van der Waals surface area (Å²) in [5.74, 6) is 4.85. The number of fused-ring (bicyclic) bond motifs is 2. The molecule has 0 saturated heterocycles. The van der Waals surface area contributed by atoms with Gasteiger partial charge in [-0.15, -0.1) is 0 Å². The molecular formula is C38H42N2O7. The van der Waals surface area contributed by atoms with Crippen molar-refractivity contribution < 1.29 is 33.1 Å². The normalized spacial score (nSPS) is 21.8. The van der Waals surface area contributed by atoms with Gasteiger partial charge in [-0.2, -0.15) is 0 Å². The van der Waals surface area contributed by atoms with E-state index in [0.29, 0.717) is 71.8 Å². The number of hydrogen-bond acceptors (Lipinski definition) is 8. The zero-order chi connectivity index (χ0) is 32.9. The molecule has 6 bridgehead atoms. The average Bonchev–Trinajstić information content (AvgIpc) is 3.07. The standard InChI is InChI=1S/C38H42N2O7/c1-39-15-13-26-21-35(44-5)37(45-6)38-36(26)29(39)17-24-9-12-31(42-3)33(19-24)46-27-10-7-23(8-11-27)18-30-28-22-34(47-38)32(43-4)20-25(28)14-16-40(30,2)41/h7-12,19-22,29-30H,13-18H2,1-6H3/t29?,30?,40-/m1/s1. The Morgan fingerprint density at radius 1 is 0.745 bits per heavy atom. The third-order valence-corrected chi connectivity index (χ3v) is 10.1. The Labute approximate surface area is 276 Å². The summed E-state index contributed by atoms with van der Waals surface area (Å²) in [5.41, 5.74) is 6.37. The van der Waals surface area contributed by atoms with E-state index in [-0.39, 0.29) is 16.7 Å². The largest absolute Gasteiger partial charge is 0.633 e. The lowest BCUT2D eigenvalue weighted by Gasteiger charge is -2.49. The summed E-state index contributed by atoms with van der Waals surface area (Å²) in [6, 6.07) is 19.8. The first-order chi connectivity index (χ1) is 22.7. The summed E-state index contributed by atoms with van der Waals surface area (Å²) < 4.78 is 36.5. The summed E-state index contributed by atoms with van der Waals surface area (Å²) in [4.78, 5) is 2.35. The molecule has 47 heavy (non-hydrogen) atoms. The van der Waals surface area contributed by atoms with Crippen LogP contribution in [0.25, 0.3) is 0 Å². The summed E-state index contributed by atoms with van der Waals surface area (Å²) in [6.45, 7) is 1.34. The maximum atomic E-state index is 14.1. The lowest BCUT2D eigenvalue weighted by molar-refractivity contribution is -0.894. The van der Waals surface area contributed by atoms with Crippen molar-refractivity contribution in [1.82, 2.24) is 4.90 Å². The van der Waals surface area contributed by atoms with Crippen LogP contribution in [-0.2, 0) is 25.7 Å². The lowest BCUT2D eigenvalue weighted by Crippen LogP contribution is -2.47. The first-order valence-electron chi connectivity index (χ1n) is 16.1. The number of methoxy groups -OCH3 is 4.